The fourth-order valence-electron chi connectivity index (χ4n) is 1.44. The molecule has 0 aliphatic heterocycles. The zero-order chi connectivity index (χ0) is 11.4. The first-order chi connectivity index (χ1) is 7.08. The second-order valence-corrected chi connectivity index (χ2v) is 3.79. The van der Waals surface area contributed by atoms with E-state index in [1.807, 2.05) is 19.1 Å². The molecule has 0 radical (unpaired) electrons. The van der Waals surface area contributed by atoms with Gasteiger partial charge in [-0.25, -0.2) is 0 Å². The molecule has 82 valence electrons. The minimum Gasteiger partial charge on any atom is -0.496 e. The number of hydrogen-bond donors (Lipinski definition) is 1. The SMILES string of the molecule is COc1cc(CC(N)=S)cc(OC)c1C. The normalized spacial score (nSPS) is 9.80. The van der Waals surface area contributed by atoms with Crippen LogP contribution >= 0.6 is 12.2 Å². The van der Waals surface area contributed by atoms with Gasteiger partial charge in [0.2, 0.25) is 0 Å². The lowest BCUT2D eigenvalue weighted by molar-refractivity contribution is 0.388. The van der Waals surface area contributed by atoms with Gasteiger partial charge in [0.25, 0.3) is 0 Å². The first kappa shape index (κ1) is 11.8. The van der Waals surface area contributed by atoms with Crippen molar-refractivity contribution >= 4 is 17.2 Å². The van der Waals surface area contributed by atoms with Crippen molar-refractivity contribution in [1.29, 1.82) is 0 Å². The molecule has 15 heavy (non-hydrogen) atoms. The molecule has 0 unspecified atom stereocenters. The van der Waals surface area contributed by atoms with E-state index in [2.05, 4.69) is 0 Å². The molecule has 1 aromatic rings. The molecule has 1 rings (SSSR count). The highest BCUT2D eigenvalue weighted by atomic mass is 32.1. The van der Waals surface area contributed by atoms with Gasteiger partial charge in [-0.15, -0.1) is 0 Å². The molecule has 0 aliphatic rings. The summed E-state index contributed by atoms with van der Waals surface area (Å²) in [5.41, 5.74) is 7.48. The molecule has 0 aromatic heterocycles. The third-order valence-corrected chi connectivity index (χ3v) is 2.33. The highest BCUT2D eigenvalue weighted by Crippen LogP contribution is 2.29. The molecule has 0 amide bonds. The lowest BCUT2D eigenvalue weighted by Gasteiger charge is -2.12. The van der Waals surface area contributed by atoms with Crippen molar-refractivity contribution in [3.63, 3.8) is 0 Å². The Balaban J connectivity index is 3.14. The van der Waals surface area contributed by atoms with E-state index in [9.17, 15) is 0 Å². The van der Waals surface area contributed by atoms with Crippen LogP contribution in [-0.4, -0.2) is 19.2 Å². The fraction of sp³-hybridized carbons (Fsp3) is 0.364. The molecule has 3 nitrogen and oxygen atoms in total. The second-order valence-electron chi connectivity index (χ2n) is 3.27. The number of rotatable bonds is 4. The minimum absolute atomic E-state index is 0.461. The highest BCUT2D eigenvalue weighted by Gasteiger charge is 2.08. The summed E-state index contributed by atoms with van der Waals surface area (Å²) in [7, 11) is 3.26. The van der Waals surface area contributed by atoms with Gasteiger partial charge in [0, 0.05) is 12.0 Å². The van der Waals surface area contributed by atoms with Crippen molar-refractivity contribution in [1.82, 2.24) is 0 Å². The average molecular weight is 225 g/mol. The van der Waals surface area contributed by atoms with E-state index < -0.39 is 0 Å². The van der Waals surface area contributed by atoms with E-state index in [-0.39, 0.29) is 0 Å². The lowest BCUT2D eigenvalue weighted by atomic mass is 10.1. The Bertz CT molecular complexity index is 352. The molecule has 0 heterocycles. The summed E-state index contributed by atoms with van der Waals surface area (Å²) in [5, 5.41) is 0. The Morgan fingerprint density at radius 3 is 2.07 bits per heavy atom. The molecule has 0 bridgehead atoms. The van der Waals surface area contributed by atoms with E-state index in [1.165, 1.54) is 0 Å². The molecule has 0 atom stereocenters. The molecular weight excluding hydrogens is 210 g/mol. The predicted octanol–water partition coefficient (Wildman–Crippen LogP) is 1.84. The topological polar surface area (TPSA) is 44.5 Å². The maximum absolute atomic E-state index is 5.50. The monoisotopic (exact) mass is 225 g/mol. The van der Waals surface area contributed by atoms with Crippen LogP contribution < -0.4 is 15.2 Å². The van der Waals surface area contributed by atoms with Crippen LogP contribution in [0.3, 0.4) is 0 Å². The van der Waals surface area contributed by atoms with Gasteiger partial charge in [-0.05, 0) is 24.6 Å². The summed E-state index contributed by atoms with van der Waals surface area (Å²) in [5.74, 6) is 1.58. The van der Waals surface area contributed by atoms with Crippen molar-refractivity contribution in [3.8, 4) is 11.5 Å². The first-order valence-corrected chi connectivity index (χ1v) is 4.99. The number of hydrogen-bond acceptors (Lipinski definition) is 3. The predicted molar refractivity (Wildman–Crippen MR) is 64.8 cm³/mol. The van der Waals surface area contributed by atoms with Crippen LogP contribution in [0.1, 0.15) is 11.1 Å². The van der Waals surface area contributed by atoms with E-state index in [1.54, 1.807) is 14.2 Å². The molecule has 0 aliphatic carbocycles. The summed E-state index contributed by atoms with van der Waals surface area (Å²) in [6, 6.07) is 3.86. The Labute approximate surface area is 95.2 Å². The van der Waals surface area contributed by atoms with Gasteiger partial charge in [-0.1, -0.05) is 12.2 Å². The quantitative estimate of drug-likeness (QED) is 0.794. The van der Waals surface area contributed by atoms with Gasteiger partial charge in [0.05, 0.1) is 19.2 Å². The zero-order valence-corrected chi connectivity index (χ0v) is 9.98. The molecule has 0 saturated heterocycles. The summed E-state index contributed by atoms with van der Waals surface area (Å²) in [6.45, 7) is 1.95. The standard InChI is InChI=1S/C11H15NO2S/c1-7-9(13-2)4-8(6-11(12)15)5-10(7)14-3/h4-5H,6H2,1-3H3,(H2,12,15). The third-order valence-electron chi connectivity index (χ3n) is 2.19. The number of ether oxygens (including phenoxy) is 2. The molecular formula is C11H15NO2S. The number of nitrogens with two attached hydrogens (primary N) is 1. The van der Waals surface area contributed by atoms with Crippen molar-refractivity contribution in [2.45, 2.75) is 13.3 Å². The molecule has 2 N–H and O–H groups in total. The van der Waals surface area contributed by atoms with Gasteiger partial charge in [-0.2, -0.15) is 0 Å². The van der Waals surface area contributed by atoms with Crippen LogP contribution in [0, 0.1) is 6.92 Å². The van der Waals surface area contributed by atoms with Crippen LogP contribution in [0.5, 0.6) is 11.5 Å². The minimum atomic E-state index is 0.461. The van der Waals surface area contributed by atoms with E-state index >= 15 is 0 Å². The van der Waals surface area contributed by atoms with Crippen LogP contribution in [0.2, 0.25) is 0 Å². The third kappa shape index (κ3) is 2.83. The van der Waals surface area contributed by atoms with Gasteiger partial charge >= 0.3 is 0 Å². The Morgan fingerprint density at radius 2 is 1.73 bits per heavy atom. The van der Waals surface area contributed by atoms with Gasteiger partial charge in [-0.3, -0.25) is 0 Å². The highest BCUT2D eigenvalue weighted by molar-refractivity contribution is 7.80. The largest absolute Gasteiger partial charge is 0.496 e. The van der Waals surface area contributed by atoms with Gasteiger partial charge in [0.15, 0.2) is 0 Å². The van der Waals surface area contributed by atoms with E-state index in [0.717, 1.165) is 22.6 Å². The average Bonchev–Trinajstić information content (AvgIpc) is 2.19. The summed E-state index contributed by atoms with van der Waals surface area (Å²) >= 11 is 4.87. The molecule has 0 fully saturated rings. The maximum Gasteiger partial charge on any atom is 0.125 e. The second kappa shape index (κ2) is 4.98. The summed E-state index contributed by atoms with van der Waals surface area (Å²) < 4.78 is 10.5. The number of thiocarbonyl (C=S) groups is 1. The van der Waals surface area contributed by atoms with Gasteiger partial charge < -0.3 is 15.2 Å². The smallest absolute Gasteiger partial charge is 0.125 e. The van der Waals surface area contributed by atoms with Crippen LogP contribution in [-0.2, 0) is 6.42 Å². The van der Waals surface area contributed by atoms with Crippen molar-refractivity contribution < 1.29 is 9.47 Å². The Kier molecular flexibility index (Phi) is 3.91. The zero-order valence-electron chi connectivity index (χ0n) is 9.16. The van der Waals surface area contributed by atoms with Crippen LogP contribution in [0.4, 0.5) is 0 Å². The van der Waals surface area contributed by atoms with Crippen LogP contribution in [0.25, 0.3) is 0 Å². The van der Waals surface area contributed by atoms with Crippen molar-refractivity contribution in [3.05, 3.63) is 23.3 Å². The maximum atomic E-state index is 5.50. The molecule has 0 saturated carbocycles. The summed E-state index contributed by atoms with van der Waals surface area (Å²) in [4.78, 5) is 0.461. The van der Waals surface area contributed by atoms with Crippen molar-refractivity contribution in [2.24, 2.45) is 5.73 Å². The Hall–Kier alpha value is -1.29. The lowest BCUT2D eigenvalue weighted by Crippen LogP contribution is -2.11. The number of benzene rings is 1. The molecule has 1 aromatic carbocycles. The first-order valence-electron chi connectivity index (χ1n) is 4.58. The Morgan fingerprint density at radius 1 is 1.27 bits per heavy atom. The van der Waals surface area contributed by atoms with E-state index in [4.69, 9.17) is 27.4 Å². The van der Waals surface area contributed by atoms with Gasteiger partial charge in [0.1, 0.15) is 11.5 Å². The van der Waals surface area contributed by atoms with E-state index in [0.29, 0.717) is 11.4 Å². The summed E-state index contributed by atoms with van der Waals surface area (Å²) in [6.07, 6.45) is 0.558. The molecule has 0 spiro atoms. The molecule has 4 heteroatoms. The van der Waals surface area contributed by atoms with Crippen molar-refractivity contribution in [2.75, 3.05) is 14.2 Å². The fourth-order valence-corrected chi connectivity index (χ4v) is 1.61. The van der Waals surface area contributed by atoms with Crippen LogP contribution in [0.15, 0.2) is 12.1 Å². The number of methoxy groups -OCH3 is 2.